The summed E-state index contributed by atoms with van der Waals surface area (Å²) in [7, 11) is 6.38. The number of benzene rings is 4. The van der Waals surface area contributed by atoms with Crippen LogP contribution in [0.25, 0.3) is 21.8 Å². The summed E-state index contributed by atoms with van der Waals surface area (Å²) >= 11 is 7.76. The van der Waals surface area contributed by atoms with Crippen LogP contribution in [0.1, 0.15) is 5.56 Å². The molecule has 0 aliphatic carbocycles. The molecule has 2 aromatic heterocycles. The number of thioether (sulfide) groups is 1. The molecule has 0 spiro atoms. The fraction of sp³-hybridized carbons (Fsp3) is 0.152. The van der Waals surface area contributed by atoms with E-state index in [0.717, 1.165) is 39.1 Å². The molecule has 0 aliphatic rings. The molecule has 6 rings (SSSR count). The van der Waals surface area contributed by atoms with Gasteiger partial charge >= 0.3 is 0 Å². The average molecular weight is 665 g/mol. The molecule has 0 fully saturated rings. The van der Waals surface area contributed by atoms with Gasteiger partial charge in [0.25, 0.3) is 0 Å². The van der Waals surface area contributed by atoms with E-state index in [1.807, 2.05) is 30.0 Å². The first kappa shape index (κ1) is 33.4. The second-order valence-electron chi connectivity index (χ2n) is 9.26. The van der Waals surface area contributed by atoms with Gasteiger partial charge in [0.05, 0.1) is 39.5 Å². The highest BCUT2D eigenvalue weighted by molar-refractivity contribution is 7.98. The minimum atomic E-state index is 0. The third-order valence-electron chi connectivity index (χ3n) is 6.60. The van der Waals surface area contributed by atoms with E-state index < -0.39 is 0 Å². The molecular weight excluding hydrogens is 633 g/mol. The van der Waals surface area contributed by atoms with Crippen molar-refractivity contribution in [1.82, 2.24) is 19.9 Å². The minimum Gasteiger partial charge on any atom is -0.493 e. The van der Waals surface area contributed by atoms with E-state index in [2.05, 4.69) is 73.8 Å². The molecule has 4 aromatic carbocycles. The molecule has 6 aromatic rings. The third-order valence-corrected chi connectivity index (χ3v) is 7.98. The maximum absolute atomic E-state index is 5.93. The van der Waals surface area contributed by atoms with Crippen molar-refractivity contribution in [3.8, 4) is 23.0 Å². The Morgan fingerprint density at radius 1 is 0.644 bits per heavy atom. The van der Waals surface area contributed by atoms with Gasteiger partial charge < -0.3 is 24.3 Å². The maximum Gasteiger partial charge on any atom is 0.162 e. The summed E-state index contributed by atoms with van der Waals surface area (Å²) in [6.45, 7) is 0. The van der Waals surface area contributed by atoms with Crippen LogP contribution in [-0.2, 0) is 5.75 Å². The van der Waals surface area contributed by atoms with Crippen LogP contribution in [0.5, 0.6) is 23.0 Å². The number of fused-ring (bicyclic) bond motifs is 2. The van der Waals surface area contributed by atoms with Gasteiger partial charge in [-0.1, -0.05) is 41.9 Å². The molecule has 0 radical (unpaired) electrons. The maximum atomic E-state index is 5.93. The van der Waals surface area contributed by atoms with Crippen LogP contribution in [0.3, 0.4) is 0 Å². The van der Waals surface area contributed by atoms with Crippen molar-refractivity contribution in [2.45, 2.75) is 10.6 Å². The molecule has 232 valence electrons. The standard InChI is InChI=1S/C23H21N3O2S.C10H9ClN2O2.ClH/c1-27-21-12-19-20(13-22(21)28-2)24-15-25-23(19)26-17-10-8-16(9-11-17)14-29-18-6-4-3-5-7-18;1-14-8-3-6-7(4-9(8)15-2)12-5-13-10(6)11;/h3-13,15H,14H2,1-2H3,(H,24,25,26);3-5H,1-2H3;1H. The van der Waals surface area contributed by atoms with E-state index in [-0.39, 0.29) is 12.4 Å². The van der Waals surface area contributed by atoms with E-state index in [1.165, 1.54) is 16.8 Å². The minimum absolute atomic E-state index is 0. The largest absolute Gasteiger partial charge is 0.493 e. The fourth-order valence-electron chi connectivity index (χ4n) is 4.34. The number of aromatic nitrogens is 4. The Bertz CT molecular complexity index is 1870. The molecule has 12 heteroatoms. The van der Waals surface area contributed by atoms with Crippen LogP contribution >= 0.6 is 35.8 Å². The number of hydrogen-bond donors (Lipinski definition) is 1. The van der Waals surface area contributed by atoms with Crippen LogP contribution in [-0.4, -0.2) is 48.4 Å². The molecule has 0 saturated heterocycles. The lowest BCUT2D eigenvalue weighted by molar-refractivity contribution is 0.356. The Hall–Kier alpha value is -4.51. The Labute approximate surface area is 276 Å². The van der Waals surface area contributed by atoms with Gasteiger partial charge in [-0.15, -0.1) is 24.2 Å². The zero-order valence-corrected chi connectivity index (χ0v) is 27.4. The molecule has 0 amide bonds. The first-order valence-electron chi connectivity index (χ1n) is 13.5. The first-order valence-corrected chi connectivity index (χ1v) is 14.8. The lowest BCUT2D eigenvalue weighted by Gasteiger charge is -2.12. The van der Waals surface area contributed by atoms with E-state index in [1.54, 1.807) is 46.9 Å². The topological polar surface area (TPSA) is 101 Å². The molecule has 0 atom stereocenters. The number of ether oxygens (including phenoxy) is 4. The fourth-order valence-corrected chi connectivity index (χ4v) is 5.41. The lowest BCUT2D eigenvalue weighted by Crippen LogP contribution is -1.98. The van der Waals surface area contributed by atoms with E-state index in [0.29, 0.717) is 28.2 Å². The third kappa shape index (κ3) is 8.16. The number of rotatable bonds is 9. The summed E-state index contributed by atoms with van der Waals surface area (Å²) in [4.78, 5) is 18.0. The molecule has 0 unspecified atom stereocenters. The van der Waals surface area contributed by atoms with Crippen LogP contribution in [0, 0.1) is 0 Å². The van der Waals surface area contributed by atoms with Gasteiger partial charge in [-0.2, -0.15) is 0 Å². The predicted molar refractivity (Wildman–Crippen MR) is 183 cm³/mol. The first-order chi connectivity index (χ1) is 21.5. The highest BCUT2D eigenvalue weighted by Crippen LogP contribution is 2.35. The highest BCUT2D eigenvalue weighted by atomic mass is 35.5. The van der Waals surface area contributed by atoms with Crippen LogP contribution in [0.4, 0.5) is 11.5 Å². The van der Waals surface area contributed by atoms with E-state index in [9.17, 15) is 0 Å². The van der Waals surface area contributed by atoms with Gasteiger partial charge in [0.15, 0.2) is 23.0 Å². The summed E-state index contributed by atoms with van der Waals surface area (Å²) in [6, 6.07) is 26.1. The van der Waals surface area contributed by atoms with Crippen molar-refractivity contribution in [3.05, 3.63) is 102 Å². The van der Waals surface area contributed by atoms with Crippen molar-refractivity contribution >= 4 is 69.1 Å². The van der Waals surface area contributed by atoms with Crippen molar-refractivity contribution in [2.75, 3.05) is 33.8 Å². The molecule has 0 aliphatic heterocycles. The second kappa shape index (κ2) is 16.0. The molecule has 0 saturated carbocycles. The smallest absolute Gasteiger partial charge is 0.162 e. The molecule has 45 heavy (non-hydrogen) atoms. The SMILES string of the molecule is COc1cc2ncnc(Cl)c2cc1OC.COc1cc2ncnc(Nc3ccc(CSc4ccccc4)cc3)c2cc1OC.Cl. The van der Waals surface area contributed by atoms with Crippen molar-refractivity contribution in [1.29, 1.82) is 0 Å². The van der Waals surface area contributed by atoms with Gasteiger partial charge in [0.2, 0.25) is 0 Å². The normalized spacial score (nSPS) is 10.3. The summed E-state index contributed by atoms with van der Waals surface area (Å²) in [6.07, 6.45) is 2.96. The Kier molecular flexibility index (Phi) is 11.9. The van der Waals surface area contributed by atoms with Crippen molar-refractivity contribution in [2.24, 2.45) is 0 Å². The molecular formula is C33H31Cl2N5O4S. The van der Waals surface area contributed by atoms with Gasteiger partial charge in [0.1, 0.15) is 23.6 Å². The number of hydrogen-bond acceptors (Lipinski definition) is 10. The van der Waals surface area contributed by atoms with Gasteiger partial charge in [0, 0.05) is 39.2 Å². The number of anilines is 2. The van der Waals surface area contributed by atoms with E-state index >= 15 is 0 Å². The summed E-state index contributed by atoms with van der Waals surface area (Å²) in [5.41, 5.74) is 3.75. The summed E-state index contributed by atoms with van der Waals surface area (Å²) in [5, 5.41) is 5.40. The number of halogens is 2. The quantitative estimate of drug-likeness (QED) is 0.120. The average Bonchev–Trinajstić information content (AvgIpc) is 3.08. The highest BCUT2D eigenvalue weighted by Gasteiger charge is 2.12. The molecule has 9 nitrogen and oxygen atoms in total. The van der Waals surface area contributed by atoms with Crippen molar-refractivity contribution in [3.63, 3.8) is 0 Å². The molecule has 1 N–H and O–H groups in total. The lowest BCUT2D eigenvalue weighted by atomic mass is 10.2. The van der Waals surface area contributed by atoms with Gasteiger partial charge in [-0.05, 0) is 42.0 Å². The summed E-state index contributed by atoms with van der Waals surface area (Å²) < 4.78 is 21.1. The summed E-state index contributed by atoms with van der Waals surface area (Å²) in [5.74, 6) is 4.18. The number of methoxy groups -OCH3 is 4. The Balaban J connectivity index is 0.000000243. The van der Waals surface area contributed by atoms with Crippen molar-refractivity contribution < 1.29 is 18.9 Å². The van der Waals surface area contributed by atoms with Gasteiger partial charge in [-0.25, -0.2) is 19.9 Å². The zero-order chi connectivity index (χ0) is 30.9. The number of nitrogens with one attached hydrogen (secondary N) is 1. The number of nitrogens with zero attached hydrogens (tertiary/aromatic N) is 4. The predicted octanol–water partition coefficient (Wildman–Crippen LogP) is 8.41. The van der Waals surface area contributed by atoms with Crippen LogP contribution in [0.2, 0.25) is 5.15 Å². The molecule has 0 bridgehead atoms. The van der Waals surface area contributed by atoms with E-state index in [4.69, 9.17) is 30.5 Å². The second-order valence-corrected chi connectivity index (χ2v) is 10.7. The van der Waals surface area contributed by atoms with Crippen LogP contribution in [0.15, 0.2) is 96.4 Å². The van der Waals surface area contributed by atoms with Gasteiger partial charge in [-0.3, -0.25) is 0 Å². The molecule has 2 heterocycles. The Morgan fingerprint density at radius 2 is 1.18 bits per heavy atom. The Morgan fingerprint density at radius 3 is 1.78 bits per heavy atom. The monoisotopic (exact) mass is 663 g/mol. The van der Waals surface area contributed by atoms with Crippen LogP contribution < -0.4 is 24.3 Å². The zero-order valence-electron chi connectivity index (χ0n) is 25.0.